The maximum atomic E-state index is 3.48. The topological polar surface area (TPSA) is 12.0 Å². The number of nitrogens with one attached hydrogen (secondary N) is 1. The van der Waals surface area contributed by atoms with Crippen molar-refractivity contribution in [3.63, 3.8) is 0 Å². The third-order valence-corrected chi connectivity index (χ3v) is 5.71. The Kier molecular flexibility index (Phi) is 5.55. The fourth-order valence-corrected chi connectivity index (χ4v) is 3.94. The molecule has 0 aliphatic carbocycles. The molecule has 5 aromatic rings. The first kappa shape index (κ1) is 19.8. The summed E-state index contributed by atoms with van der Waals surface area (Å²) in [5.74, 6) is 0. The summed E-state index contributed by atoms with van der Waals surface area (Å²) in [5.41, 5.74) is 10.8. The Bertz CT molecular complexity index is 1250. The lowest BCUT2D eigenvalue weighted by molar-refractivity contribution is 1.45. The zero-order valence-corrected chi connectivity index (χ0v) is 18.1. The highest BCUT2D eigenvalue weighted by atomic mass is 14.9. The molecule has 0 saturated heterocycles. The van der Waals surface area contributed by atoms with E-state index in [2.05, 4.69) is 140 Å². The van der Waals surface area contributed by atoms with Gasteiger partial charge >= 0.3 is 0 Å². The van der Waals surface area contributed by atoms with E-state index in [1.54, 1.807) is 0 Å². The fourth-order valence-electron chi connectivity index (χ4n) is 3.94. The molecule has 0 bridgehead atoms. The Balaban J connectivity index is 1.51. The van der Waals surface area contributed by atoms with E-state index in [1.165, 1.54) is 38.9 Å². The number of rotatable bonds is 5. The van der Waals surface area contributed by atoms with Crippen molar-refractivity contribution in [3.05, 3.63) is 133 Å². The molecule has 1 N–H and O–H groups in total. The van der Waals surface area contributed by atoms with Gasteiger partial charge in [-0.3, -0.25) is 0 Å². The summed E-state index contributed by atoms with van der Waals surface area (Å²) < 4.78 is 0. The van der Waals surface area contributed by atoms with Crippen molar-refractivity contribution in [2.24, 2.45) is 0 Å². The van der Waals surface area contributed by atoms with Gasteiger partial charge < -0.3 is 5.32 Å². The van der Waals surface area contributed by atoms with Crippen LogP contribution in [-0.2, 0) is 0 Å². The SMILES string of the molecule is Cc1ccc(Nc2ccc(-c3cc(-c4ccccc4)cc(-c4ccccc4)c3)cc2)cc1. The number of hydrogen-bond donors (Lipinski definition) is 1. The van der Waals surface area contributed by atoms with E-state index in [1.807, 2.05) is 0 Å². The van der Waals surface area contributed by atoms with Crippen LogP contribution in [-0.4, -0.2) is 0 Å². The third kappa shape index (κ3) is 4.48. The summed E-state index contributed by atoms with van der Waals surface area (Å²) in [4.78, 5) is 0. The Morgan fingerprint density at radius 1 is 0.375 bits per heavy atom. The monoisotopic (exact) mass is 411 g/mol. The smallest absolute Gasteiger partial charge is 0.0384 e. The molecule has 5 aromatic carbocycles. The molecule has 0 amide bonds. The minimum absolute atomic E-state index is 1.08. The van der Waals surface area contributed by atoms with Gasteiger partial charge in [-0.15, -0.1) is 0 Å². The highest BCUT2D eigenvalue weighted by molar-refractivity contribution is 5.81. The zero-order valence-electron chi connectivity index (χ0n) is 18.1. The summed E-state index contributed by atoms with van der Waals surface area (Å²) in [6.45, 7) is 2.10. The summed E-state index contributed by atoms with van der Waals surface area (Å²) in [7, 11) is 0. The van der Waals surface area contributed by atoms with Crippen LogP contribution < -0.4 is 5.32 Å². The van der Waals surface area contributed by atoms with Crippen LogP contribution in [0.3, 0.4) is 0 Å². The van der Waals surface area contributed by atoms with Crippen molar-refractivity contribution in [2.75, 3.05) is 5.32 Å². The Labute approximate surface area is 190 Å². The van der Waals surface area contributed by atoms with Gasteiger partial charge in [0.25, 0.3) is 0 Å². The van der Waals surface area contributed by atoms with Crippen LogP contribution >= 0.6 is 0 Å². The number of aryl methyl sites for hydroxylation is 1. The van der Waals surface area contributed by atoms with E-state index in [-0.39, 0.29) is 0 Å². The minimum Gasteiger partial charge on any atom is -0.356 e. The van der Waals surface area contributed by atoms with E-state index < -0.39 is 0 Å². The summed E-state index contributed by atoms with van der Waals surface area (Å²) in [6.07, 6.45) is 0. The summed E-state index contributed by atoms with van der Waals surface area (Å²) in [6, 6.07) is 45.1. The average Bonchev–Trinajstić information content (AvgIpc) is 2.87. The quantitative estimate of drug-likeness (QED) is 0.305. The van der Waals surface area contributed by atoms with Gasteiger partial charge in [-0.1, -0.05) is 90.5 Å². The Morgan fingerprint density at radius 3 is 1.19 bits per heavy atom. The van der Waals surface area contributed by atoms with Gasteiger partial charge in [0, 0.05) is 11.4 Å². The number of hydrogen-bond acceptors (Lipinski definition) is 1. The lowest BCUT2D eigenvalue weighted by Gasteiger charge is -2.12. The first-order valence-electron chi connectivity index (χ1n) is 10.9. The zero-order chi connectivity index (χ0) is 21.8. The molecule has 0 saturated carbocycles. The second-order valence-corrected chi connectivity index (χ2v) is 8.10. The van der Waals surface area contributed by atoms with E-state index in [0.717, 1.165) is 11.4 Å². The van der Waals surface area contributed by atoms with Crippen molar-refractivity contribution in [2.45, 2.75) is 6.92 Å². The molecule has 0 atom stereocenters. The molecule has 0 spiro atoms. The number of benzene rings is 5. The molecule has 1 nitrogen and oxygen atoms in total. The molecule has 1 heteroatoms. The van der Waals surface area contributed by atoms with Crippen molar-refractivity contribution in [1.82, 2.24) is 0 Å². The number of anilines is 2. The second kappa shape index (κ2) is 8.95. The van der Waals surface area contributed by atoms with Crippen LogP contribution in [0.5, 0.6) is 0 Å². The molecule has 0 aliphatic rings. The maximum Gasteiger partial charge on any atom is 0.0384 e. The lowest BCUT2D eigenvalue weighted by Crippen LogP contribution is -1.90. The van der Waals surface area contributed by atoms with Gasteiger partial charge in [0.15, 0.2) is 0 Å². The van der Waals surface area contributed by atoms with E-state index in [4.69, 9.17) is 0 Å². The molecule has 32 heavy (non-hydrogen) atoms. The average molecular weight is 412 g/mol. The van der Waals surface area contributed by atoms with Gasteiger partial charge in [0.2, 0.25) is 0 Å². The van der Waals surface area contributed by atoms with Crippen molar-refractivity contribution >= 4 is 11.4 Å². The van der Waals surface area contributed by atoms with E-state index >= 15 is 0 Å². The Hall–Kier alpha value is -4.10. The van der Waals surface area contributed by atoms with Crippen LogP contribution in [0.15, 0.2) is 127 Å². The molecule has 0 unspecified atom stereocenters. The molecular formula is C31H25N. The van der Waals surface area contributed by atoms with E-state index in [0.29, 0.717) is 0 Å². The molecule has 0 radical (unpaired) electrons. The lowest BCUT2D eigenvalue weighted by atomic mass is 9.93. The molecule has 0 aromatic heterocycles. The van der Waals surface area contributed by atoms with Gasteiger partial charge in [0.05, 0.1) is 0 Å². The Morgan fingerprint density at radius 2 is 0.750 bits per heavy atom. The first-order chi connectivity index (χ1) is 15.7. The molecule has 0 heterocycles. The minimum atomic E-state index is 1.08. The largest absolute Gasteiger partial charge is 0.356 e. The molecular weight excluding hydrogens is 386 g/mol. The van der Waals surface area contributed by atoms with Crippen molar-refractivity contribution < 1.29 is 0 Å². The highest BCUT2D eigenvalue weighted by Gasteiger charge is 2.07. The molecule has 0 fully saturated rings. The van der Waals surface area contributed by atoms with Crippen molar-refractivity contribution in [3.8, 4) is 33.4 Å². The fraction of sp³-hybridized carbons (Fsp3) is 0.0323. The van der Waals surface area contributed by atoms with Gasteiger partial charge in [-0.25, -0.2) is 0 Å². The predicted octanol–water partition coefficient (Wildman–Crippen LogP) is 8.74. The van der Waals surface area contributed by atoms with Crippen LogP contribution in [0, 0.1) is 6.92 Å². The van der Waals surface area contributed by atoms with Crippen LogP contribution in [0.2, 0.25) is 0 Å². The summed E-state index contributed by atoms with van der Waals surface area (Å²) in [5, 5.41) is 3.48. The normalized spacial score (nSPS) is 10.7. The van der Waals surface area contributed by atoms with E-state index in [9.17, 15) is 0 Å². The van der Waals surface area contributed by atoms with Crippen LogP contribution in [0.4, 0.5) is 11.4 Å². The van der Waals surface area contributed by atoms with Gasteiger partial charge in [-0.05, 0) is 82.8 Å². The standard InChI is InChI=1S/C31H25N/c1-23-12-16-30(17-13-23)32-31-18-14-26(15-19-31)29-21-27(24-8-4-2-5-9-24)20-28(22-29)25-10-6-3-7-11-25/h2-22,32H,1H3. The first-order valence-corrected chi connectivity index (χ1v) is 10.9. The molecule has 0 aliphatic heterocycles. The second-order valence-electron chi connectivity index (χ2n) is 8.10. The predicted molar refractivity (Wildman–Crippen MR) is 137 cm³/mol. The molecule has 5 rings (SSSR count). The third-order valence-electron chi connectivity index (χ3n) is 5.71. The summed E-state index contributed by atoms with van der Waals surface area (Å²) >= 11 is 0. The van der Waals surface area contributed by atoms with Crippen LogP contribution in [0.1, 0.15) is 5.56 Å². The van der Waals surface area contributed by atoms with Crippen molar-refractivity contribution in [1.29, 1.82) is 0 Å². The highest BCUT2D eigenvalue weighted by Crippen LogP contribution is 2.33. The van der Waals surface area contributed by atoms with Gasteiger partial charge in [-0.2, -0.15) is 0 Å². The van der Waals surface area contributed by atoms with Gasteiger partial charge in [0.1, 0.15) is 0 Å². The molecule has 154 valence electrons. The maximum absolute atomic E-state index is 3.48. The van der Waals surface area contributed by atoms with Crippen LogP contribution in [0.25, 0.3) is 33.4 Å².